The van der Waals surface area contributed by atoms with Crippen molar-refractivity contribution in [2.24, 2.45) is 5.10 Å². The molecule has 0 unspecified atom stereocenters. The summed E-state index contributed by atoms with van der Waals surface area (Å²) in [6, 6.07) is 30.0. The second-order valence-electron chi connectivity index (χ2n) is 7.97. The van der Waals surface area contributed by atoms with Gasteiger partial charge in [-0.05, 0) is 52.9 Å². The molecule has 0 saturated carbocycles. The first-order chi connectivity index (χ1) is 16.7. The van der Waals surface area contributed by atoms with E-state index in [-0.39, 0.29) is 5.91 Å². The van der Waals surface area contributed by atoms with Crippen molar-refractivity contribution in [1.29, 1.82) is 0 Å². The molecule has 0 aliphatic rings. The Morgan fingerprint density at radius 2 is 1.65 bits per heavy atom. The highest BCUT2D eigenvalue weighted by molar-refractivity contribution is 6.02. The lowest BCUT2D eigenvalue weighted by Crippen LogP contribution is -2.17. The van der Waals surface area contributed by atoms with E-state index in [0.29, 0.717) is 13.0 Å². The number of fused-ring (bicyclic) bond motifs is 1. The molecule has 4 rings (SSSR count). The Labute approximate surface area is 200 Å². The van der Waals surface area contributed by atoms with E-state index in [9.17, 15) is 4.79 Å². The summed E-state index contributed by atoms with van der Waals surface area (Å²) < 4.78 is 11.3. The van der Waals surface area contributed by atoms with Gasteiger partial charge in [-0.15, -0.1) is 0 Å². The molecule has 4 aromatic carbocycles. The van der Waals surface area contributed by atoms with Crippen molar-refractivity contribution in [3.05, 3.63) is 108 Å². The van der Waals surface area contributed by atoms with Crippen LogP contribution in [0, 0.1) is 0 Å². The maximum absolute atomic E-state index is 12.3. The van der Waals surface area contributed by atoms with Gasteiger partial charge in [0.2, 0.25) is 5.91 Å². The predicted molar refractivity (Wildman–Crippen MR) is 136 cm³/mol. The summed E-state index contributed by atoms with van der Waals surface area (Å²) in [4.78, 5) is 12.3. The van der Waals surface area contributed by atoms with Gasteiger partial charge >= 0.3 is 0 Å². The fraction of sp³-hybridized carbons (Fsp3) is 0.172. The number of nitrogens with one attached hydrogen (secondary N) is 1. The maximum atomic E-state index is 12.3. The van der Waals surface area contributed by atoms with Crippen LogP contribution in [0.2, 0.25) is 0 Å². The van der Waals surface area contributed by atoms with Crippen LogP contribution in [0.4, 0.5) is 0 Å². The van der Waals surface area contributed by atoms with Crippen molar-refractivity contribution >= 4 is 22.9 Å². The number of nitrogens with zero attached hydrogens (tertiary/aromatic N) is 1. The fourth-order valence-corrected chi connectivity index (χ4v) is 3.74. The number of hydrogen-bond acceptors (Lipinski definition) is 4. The first-order valence-corrected chi connectivity index (χ1v) is 11.4. The first kappa shape index (κ1) is 23.1. The molecule has 0 fully saturated rings. The van der Waals surface area contributed by atoms with Gasteiger partial charge < -0.3 is 9.47 Å². The van der Waals surface area contributed by atoms with E-state index in [2.05, 4.69) is 10.5 Å². The summed E-state index contributed by atoms with van der Waals surface area (Å²) in [5, 5.41) is 6.34. The molecule has 0 heterocycles. The molecule has 0 spiro atoms. The van der Waals surface area contributed by atoms with E-state index in [4.69, 9.17) is 9.47 Å². The second-order valence-corrected chi connectivity index (χ2v) is 7.97. The SMILES string of the molecule is COc1ccc(CCCC(=O)N/N=C/c2c(OCc3ccccc3)ccc3ccccc23)cc1. The molecule has 1 N–H and O–H groups in total. The number of benzene rings is 4. The van der Waals surface area contributed by atoms with Crippen molar-refractivity contribution in [3.8, 4) is 11.5 Å². The van der Waals surface area contributed by atoms with E-state index < -0.39 is 0 Å². The minimum atomic E-state index is -0.114. The molecule has 0 radical (unpaired) electrons. The van der Waals surface area contributed by atoms with Crippen LogP contribution in [-0.2, 0) is 17.8 Å². The highest BCUT2D eigenvalue weighted by atomic mass is 16.5. The van der Waals surface area contributed by atoms with Gasteiger partial charge in [0.25, 0.3) is 0 Å². The molecule has 0 aliphatic heterocycles. The highest BCUT2D eigenvalue weighted by Gasteiger charge is 2.08. The molecule has 0 saturated heterocycles. The van der Waals surface area contributed by atoms with Crippen LogP contribution < -0.4 is 14.9 Å². The largest absolute Gasteiger partial charge is 0.497 e. The number of hydrogen-bond donors (Lipinski definition) is 1. The third-order valence-electron chi connectivity index (χ3n) is 5.58. The third-order valence-corrected chi connectivity index (χ3v) is 5.58. The first-order valence-electron chi connectivity index (χ1n) is 11.4. The normalized spacial score (nSPS) is 11.0. The van der Waals surface area contributed by atoms with E-state index in [1.54, 1.807) is 13.3 Å². The number of carbonyl (C=O) groups excluding carboxylic acids is 1. The third kappa shape index (κ3) is 6.23. The van der Waals surface area contributed by atoms with Crippen molar-refractivity contribution < 1.29 is 14.3 Å². The average molecular weight is 453 g/mol. The van der Waals surface area contributed by atoms with Crippen LogP contribution in [-0.4, -0.2) is 19.2 Å². The molecule has 34 heavy (non-hydrogen) atoms. The lowest BCUT2D eigenvalue weighted by molar-refractivity contribution is -0.121. The van der Waals surface area contributed by atoms with Crippen LogP contribution in [0.25, 0.3) is 10.8 Å². The van der Waals surface area contributed by atoms with Crippen molar-refractivity contribution in [1.82, 2.24) is 5.43 Å². The zero-order valence-electron chi connectivity index (χ0n) is 19.2. The molecule has 0 aliphatic carbocycles. The zero-order valence-corrected chi connectivity index (χ0v) is 19.2. The summed E-state index contributed by atoms with van der Waals surface area (Å²) in [6.07, 6.45) is 3.63. The van der Waals surface area contributed by atoms with Gasteiger partial charge in [0.15, 0.2) is 0 Å². The van der Waals surface area contributed by atoms with Crippen LogP contribution in [0.3, 0.4) is 0 Å². The van der Waals surface area contributed by atoms with Gasteiger partial charge in [0.1, 0.15) is 18.1 Å². The van der Waals surface area contributed by atoms with Crippen molar-refractivity contribution in [2.75, 3.05) is 7.11 Å². The van der Waals surface area contributed by atoms with E-state index in [0.717, 1.165) is 46.2 Å². The zero-order chi connectivity index (χ0) is 23.6. The smallest absolute Gasteiger partial charge is 0.240 e. The highest BCUT2D eigenvalue weighted by Crippen LogP contribution is 2.27. The summed E-state index contributed by atoms with van der Waals surface area (Å²) in [5.74, 6) is 1.44. The number of rotatable bonds is 10. The Kier molecular flexibility index (Phi) is 7.90. The maximum Gasteiger partial charge on any atom is 0.240 e. The Bertz CT molecular complexity index is 1250. The summed E-state index contributed by atoms with van der Waals surface area (Å²) in [6.45, 7) is 0.456. The minimum absolute atomic E-state index is 0.114. The molecule has 172 valence electrons. The Morgan fingerprint density at radius 3 is 2.44 bits per heavy atom. The minimum Gasteiger partial charge on any atom is -0.497 e. The van der Waals surface area contributed by atoms with E-state index in [1.807, 2.05) is 91.0 Å². The summed E-state index contributed by atoms with van der Waals surface area (Å²) in [7, 11) is 1.65. The van der Waals surface area contributed by atoms with Gasteiger partial charge in [-0.3, -0.25) is 4.79 Å². The monoisotopic (exact) mass is 452 g/mol. The van der Waals surface area contributed by atoms with Crippen LogP contribution in [0.5, 0.6) is 11.5 Å². The van der Waals surface area contributed by atoms with Crippen LogP contribution in [0.15, 0.2) is 96.1 Å². The van der Waals surface area contributed by atoms with E-state index in [1.165, 1.54) is 5.56 Å². The standard InChI is InChI=1S/C29H28N2O3/c1-33-25-17-14-22(15-18-25)10-7-13-29(32)31-30-20-27-26-12-6-5-11-24(26)16-19-28(27)34-21-23-8-3-2-4-9-23/h2-6,8-9,11-12,14-20H,7,10,13,21H2,1H3,(H,31,32)/b30-20+. The molecule has 5 nitrogen and oxygen atoms in total. The molecule has 1 amide bonds. The molecule has 0 atom stereocenters. The molecule has 0 bridgehead atoms. The number of methoxy groups -OCH3 is 1. The summed E-state index contributed by atoms with van der Waals surface area (Å²) >= 11 is 0. The lowest BCUT2D eigenvalue weighted by atomic mass is 10.0. The number of amides is 1. The van der Waals surface area contributed by atoms with Crippen LogP contribution >= 0.6 is 0 Å². The predicted octanol–water partition coefficient (Wildman–Crippen LogP) is 5.90. The molecule has 4 aromatic rings. The van der Waals surface area contributed by atoms with Gasteiger partial charge in [-0.1, -0.05) is 72.8 Å². The second kappa shape index (κ2) is 11.7. The van der Waals surface area contributed by atoms with E-state index >= 15 is 0 Å². The quantitative estimate of drug-likeness (QED) is 0.241. The Balaban J connectivity index is 1.38. The number of hydrazone groups is 1. The number of carbonyl (C=O) groups is 1. The van der Waals surface area contributed by atoms with Crippen LogP contribution in [0.1, 0.15) is 29.5 Å². The lowest BCUT2D eigenvalue weighted by Gasteiger charge is -2.12. The molecular weight excluding hydrogens is 424 g/mol. The number of aryl methyl sites for hydroxylation is 1. The van der Waals surface area contributed by atoms with Crippen molar-refractivity contribution in [2.45, 2.75) is 25.9 Å². The fourth-order valence-electron chi connectivity index (χ4n) is 3.74. The van der Waals surface area contributed by atoms with Gasteiger partial charge in [-0.25, -0.2) is 5.43 Å². The number of ether oxygens (including phenoxy) is 2. The average Bonchev–Trinajstić information content (AvgIpc) is 2.89. The van der Waals surface area contributed by atoms with Gasteiger partial charge in [0.05, 0.1) is 13.3 Å². The Morgan fingerprint density at radius 1 is 0.882 bits per heavy atom. The molecule has 0 aromatic heterocycles. The van der Waals surface area contributed by atoms with Gasteiger partial charge in [-0.2, -0.15) is 5.10 Å². The summed E-state index contributed by atoms with van der Waals surface area (Å²) in [5.41, 5.74) is 5.76. The van der Waals surface area contributed by atoms with Gasteiger partial charge in [0, 0.05) is 12.0 Å². The Hall–Kier alpha value is -4.12. The topological polar surface area (TPSA) is 59.9 Å². The molecule has 5 heteroatoms. The molecular formula is C29H28N2O3. The van der Waals surface area contributed by atoms with Crippen molar-refractivity contribution in [3.63, 3.8) is 0 Å².